The van der Waals surface area contributed by atoms with Gasteiger partial charge in [0.25, 0.3) is 0 Å². The predicted octanol–water partition coefficient (Wildman–Crippen LogP) is 9.62. The van der Waals surface area contributed by atoms with E-state index >= 15 is 0 Å². The summed E-state index contributed by atoms with van der Waals surface area (Å²) in [6.07, 6.45) is 12.1. The molecular weight excluding hydrogens is 436 g/mol. The van der Waals surface area contributed by atoms with Gasteiger partial charge in [-0.05, 0) is 108 Å². The van der Waals surface area contributed by atoms with E-state index in [1.54, 1.807) is 0 Å². The number of benzene rings is 1. The normalized spacial score (nSPS) is 28.7. The van der Waals surface area contributed by atoms with Crippen LogP contribution in [0.1, 0.15) is 98.0 Å². The summed E-state index contributed by atoms with van der Waals surface area (Å²) in [5, 5.41) is 0.761. The quantitative estimate of drug-likeness (QED) is 0.340. The Kier molecular flexibility index (Phi) is 7.35. The van der Waals surface area contributed by atoms with Gasteiger partial charge in [0.2, 0.25) is 0 Å². The molecule has 0 N–H and O–H groups in total. The fourth-order valence-electron chi connectivity index (χ4n) is 7.26. The number of rotatable bonds is 8. The van der Waals surface area contributed by atoms with E-state index in [1.165, 1.54) is 41.5 Å². The van der Waals surface area contributed by atoms with E-state index in [0.717, 1.165) is 54.5 Å². The minimum atomic E-state index is 0.120. The molecule has 2 fully saturated rings. The van der Waals surface area contributed by atoms with Crippen LogP contribution in [0.2, 0.25) is 5.02 Å². The van der Waals surface area contributed by atoms with Crippen molar-refractivity contribution in [3.8, 4) is 0 Å². The maximum atomic E-state index is 13.8. The van der Waals surface area contributed by atoms with Crippen LogP contribution in [0.5, 0.6) is 0 Å². The van der Waals surface area contributed by atoms with E-state index < -0.39 is 0 Å². The van der Waals surface area contributed by atoms with Crippen LogP contribution in [0.25, 0.3) is 6.08 Å². The first-order chi connectivity index (χ1) is 16.0. The highest BCUT2D eigenvalue weighted by molar-refractivity contribution is 6.30. The summed E-state index contributed by atoms with van der Waals surface area (Å²) >= 11 is 6.10. The van der Waals surface area contributed by atoms with Gasteiger partial charge in [-0.15, -0.1) is 0 Å². The summed E-state index contributed by atoms with van der Waals surface area (Å²) in [6.45, 7) is 16.1. The number of allylic oxidation sites excluding steroid dienone is 4. The van der Waals surface area contributed by atoms with E-state index in [1.807, 2.05) is 12.1 Å². The molecule has 4 rings (SSSR count). The summed E-state index contributed by atoms with van der Waals surface area (Å²) in [5.41, 5.74) is 6.34. The molecular formula is C32H43ClO. The first-order valence-corrected chi connectivity index (χ1v) is 13.8. The average molecular weight is 479 g/mol. The number of carbonyl (C=O) groups is 1. The zero-order valence-electron chi connectivity index (χ0n) is 22.0. The Morgan fingerprint density at radius 2 is 1.94 bits per heavy atom. The van der Waals surface area contributed by atoms with E-state index in [4.69, 9.17) is 11.6 Å². The molecule has 0 aliphatic heterocycles. The second-order valence-electron chi connectivity index (χ2n) is 12.5. The molecule has 2 heteroatoms. The minimum absolute atomic E-state index is 0.120. The molecule has 2 saturated carbocycles. The highest BCUT2D eigenvalue weighted by atomic mass is 35.5. The number of fused-ring (bicyclic) bond motifs is 1. The maximum Gasteiger partial charge on any atom is 0.162 e. The van der Waals surface area contributed by atoms with Crippen molar-refractivity contribution in [3.63, 3.8) is 0 Å². The highest BCUT2D eigenvalue weighted by Crippen LogP contribution is 2.67. The Bertz CT molecular complexity index is 1000. The molecule has 34 heavy (non-hydrogen) atoms. The van der Waals surface area contributed by atoms with Gasteiger partial charge in [0.1, 0.15) is 0 Å². The molecule has 1 aromatic rings. The molecule has 0 aromatic heterocycles. The summed E-state index contributed by atoms with van der Waals surface area (Å²) in [7, 11) is 0. The van der Waals surface area contributed by atoms with Crippen molar-refractivity contribution in [1.29, 1.82) is 0 Å². The maximum absolute atomic E-state index is 13.8. The van der Waals surface area contributed by atoms with Crippen molar-refractivity contribution in [3.05, 3.63) is 63.7 Å². The molecule has 0 saturated heterocycles. The minimum Gasteiger partial charge on any atom is -0.294 e. The summed E-state index contributed by atoms with van der Waals surface area (Å²) in [6, 6.07) is 8.05. The molecule has 0 radical (unpaired) electrons. The van der Waals surface area contributed by atoms with Crippen LogP contribution in [0.3, 0.4) is 0 Å². The van der Waals surface area contributed by atoms with Gasteiger partial charge in [-0.25, -0.2) is 0 Å². The van der Waals surface area contributed by atoms with E-state index in [0.29, 0.717) is 17.8 Å². The van der Waals surface area contributed by atoms with Crippen molar-refractivity contribution in [2.45, 2.75) is 92.4 Å². The Labute approximate surface area is 212 Å². The zero-order chi connectivity index (χ0) is 24.7. The van der Waals surface area contributed by atoms with Gasteiger partial charge < -0.3 is 0 Å². The monoisotopic (exact) mass is 478 g/mol. The van der Waals surface area contributed by atoms with Crippen molar-refractivity contribution >= 4 is 23.5 Å². The van der Waals surface area contributed by atoms with Crippen molar-refractivity contribution < 1.29 is 4.79 Å². The molecule has 3 aliphatic carbocycles. The molecule has 4 unspecified atom stereocenters. The Morgan fingerprint density at radius 3 is 2.50 bits per heavy atom. The lowest BCUT2D eigenvalue weighted by atomic mass is 9.60. The number of Topliss-reactive ketones (excluding diaryl/α,β-unsaturated/α-hetero) is 1. The van der Waals surface area contributed by atoms with E-state index in [9.17, 15) is 4.79 Å². The average Bonchev–Trinajstić information content (AvgIpc) is 3.51. The second-order valence-corrected chi connectivity index (χ2v) is 12.9. The van der Waals surface area contributed by atoms with Gasteiger partial charge in [0.15, 0.2) is 5.78 Å². The number of ketones is 1. The van der Waals surface area contributed by atoms with Crippen LogP contribution in [0.4, 0.5) is 0 Å². The topological polar surface area (TPSA) is 17.1 Å². The Balaban J connectivity index is 1.61. The molecule has 1 nitrogen and oxygen atoms in total. The lowest BCUT2D eigenvalue weighted by Crippen LogP contribution is -2.39. The molecule has 0 spiro atoms. The van der Waals surface area contributed by atoms with Gasteiger partial charge in [-0.1, -0.05) is 77.4 Å². The third-order valence-corrected chi connectivity index (χ3v) is 9.34. The molecule has 184 valence electrons. The van der Waals surface area contributed by atoms with Crippen LogP contribution < -0.4 is 0 Å². The SMILES string of the molecule is C=C(C(=O)CC(C(C)(C)C)C1(C)CCC2CC21)C1=C(CCC)/C(=C/c2ccc(Cl)cc2)CCC1. The largest absolute Gasteiger partial charge is 0.294 e. The number of halogens is 1. The third-order valence-electron chi connectivity index (χ3n) is 9.09. The second kappa shape index (κ2) is 9.81. The van der Waals surface area contributed by atoms with E-state index in [2.05, 4.69) is 59.4 Å². The van der Waals surface area contributed by atoms with Crippen LogP contribution in [-0.4, -0.2) is 5.78 Å². The van der Waals surface area contributed by atoms with Crippen LogP contribution >= 0.6 is 11.6 Å². The van der Waals surface area contributed by atoms with Gasteiger partial charge in [0, 0.05) is 17.0 Å². The van der Waals surface area contributed by atoms with Crippen LogP contribution in [0, 0.1) is 28.6 Å². The molecule has 1 aromatic carbocycles. The molecule has 0 bridgehead atoms. The smallest absolute Gasteiger partial charge is 0.162 e. The third kappa shape index (κ3) is 5.15. The Hall–Kier alpha value is -1.60. The standard InChI is InChI=1S/C32H43ClO/c1-7-9-27-23(18-22-12-14-25(33)15-13-22)10-8-11-26(27)21(2)29(34)20-30(31(3,4)5)32(6)17-16-24-19-28(24)32/h12-15,18,24,28,30H,2,7-11,16-17,19-20H2,1,3-6H3/b23-18+. The first kappa shape index (κ1) is 25.5. The van der Waals surface area contributed by atoms with Gasteiger partial charge >= 0.3 is 0 Å². The summed E-state index contributed by atoms with van der Waals surface area (Å²) in [5.74, 6) is 2.44. The van der Waals surface area contributed by atoms with Crippen LogP contribution in [0.15, 0.2) is 53.1 Å². The number of carbonyl (C=O) groups excluding carboxylic acids is 1. The van der Waals surface area contributed by atoms with E-state index in [-0.39, 0.29) is 11.2 Å². The predicted molar refractivity (Wildman–Crippen MR) is 146 cm³/mol. The molecule has 0 amide bonds. The first-order valence-electron chi connectivity index (χ1n) is 13.5. The van der Waals surface area contributed by atoms with Crippen molar-refractivity contribution in [2.75, 3.05) is 0 Å². The molecule has 4 atom stereocenters. The number of hydrogen-bond acceptors (Lipinski definition) is 1. The van der Waals surface area contributed by atoms with Crippen LogP contribution in [-0.2, 0) is 4.79 Å². The fraction of sp³-hybridized carbons (Fsp3) is 0.594. The molecule has 0 heterocycles. The summed E-state index contributed by atoms with van der Waals surface area (Å²) in [4.78, 5) is 13.8. The lowest BCUT2D eigenvalue weighted by molar-refractivity contribution is -0.119. The van der Waals surface area contributed by atoms with Gasteiger partial charge in [-0.3, -0.25) is 4.79 Å². The highest BCUT2D eigenvalue weighted by Gasteiger charge is 2.60. The Morgan fingerprint density at radius 1 is 1.24 bits per heavy atom. The van der Waals surface area contributed by atoms with Gasteiger partial charge in [0.05, 0.1) is 0 Å². The molecule has 3 aliphatic rings. The van der Waals surface area contributed by atoms with Crippen molar-refractivity contribution in [1.82, 2.24) is 0 Å². The lowest BCUT2D eigenvalue weighted by Gasteiger charge is -2.44. The number of hydrogen-bond donors (Lipinski definition) is 0. The van der Waals surface area contributed by atoms with Gasteiger partial charge in [-0.2, -0.15) is 0 Å². The van der Waals surface area contributed by atoms with Crippen molar-refractivity contribution in [2.24, 2.45) is 28.6 Å². The zero-order valence-corrected chi connectivity index (χ0v) is 22.7. The fourth-order valence-corrected chi connectivity index (χ4v) is 7.39. The summed E-state index contributed by atoms with van der Waals surface area (Å²) < 4.78 is 0.